The van der Waals surface area contributed by atoms with E-state index in [1.165, 1.54) is 12.8 Å². The van der Waals surface area contributed by atoms with Crippen LogP contribution in [0.5, 0.6) is 0 Å². The maximum Gasteiger partial charge on any atom is 0.120 e. The lowest BCUT2D eigenvalue weighted by Gasteiger charge is -2.27. The second-order valence-electron chi connectivity index (χ2n) is 6.03. The van der Waals surface area contributed by atoms with E-state index in [1.807, 2.05) is 19.1 Å². The standard InChI is InChI=1S/C16H27NO3/c1-12-5-3-6-15(9-12)20-11-14(18)10-17-13(2)16-7-4-8-19-16/h4,7-8,12-15,17-18H,3,5-6,9-11H2,1-2H3. The van der Waals surface area contributed by atoms with Crippen LogP contribution in [0.15, 0.2) is 22.8 Å². The van der Waals surface area contributed by atoms with Crippen molar-refractivity contribution >= 4 is 0 Å². The molecular weight excluding hydrogens is 254 g/mol. The monoisotopic (exact) mass is 281 g/mol. The van der Waals surface area contributed by atoms with Gasteiger partial charge in [0.15, 0.2) is 0 Å². The zero-order valence-corrected chi connectivity index (χ0v) is 12.5. The number of nitrogens with one attached hydrogen (secondary N) is 1. The van der Waals surface area contributed by atoms with Gasteiger partial charge in [-0.2, -0.15) is 0 Å². The van der Waals surface area contributed by atoms with Crippen LogP contribution in [-0.2, 0) is 4.74 Å². The van der Waals surface area contributed by atoms with Gasteiger partial charge in [0.25, 0.3) is 0 Å². The van der Waals surface area contributed by atoms with E-state index < -0.39 is 6.10 Å². The molecular formula is C16H27NO3. The topological polar surface area (TPSA) is 54.6 Å². The third kappa shape index (κ3) is 4.93. The molecule has 0 aliphatic heterocycles. The van der Waals surface area contributed by atoms with Gasteiger partial charge in [0.2, 0.25) is 0 Å². The van der Waals surface area contributed by atoms with E-state index >= 15 is 0 Å². The molecule has 1 heterocycles. The number of rotatable bonds is 7. The number of hydrogen-bond donors (Lipinski definition) is 2. The van der Waals surface area contributed by atoms with Gasteiger partial charge in [-0.25, -0.2) is 0 Å². The molecule has 0 aromatic carbocycles. The van der Waals surface area contributed by atoms with E-state index in [1.54, 1.807) is 6.26 Å². The zero-order valence-electron chi connectivity index (χ0n) is 12.5. The molecule has 0 bridgehead atoms. The number of hydrogen-bond acceptors (Lipinski definition) is 4. The quantitative estimate of drug-likeness (QED) is 0.807. The molecule has 1 saturated carbocycles. The second kappa shape index (κ2) is 7.81. The van der Waals surface area contributed by atoms with Gasteiger partial charge in [-0.1, -0.05) is 19.8 Å². The Morgan fingerprint density at radius 1 is 1.50 bits per heavy atom. The first-order valence-corrected chi connectivity index (χ1v) is 7.71. The number of ether oxygens (including phenoxy) is 1. The van der Waals surface area contributed by atoms with Crippen LogP contribution < -0.4 is 5.32 Å². The lowest BCUT2D eigenvalue weighted by atomic mass is 9.89. The summed E-state index contributed by atoms with van der Waals surface area (Å²) in [5.74, 6) is 1.64. The molecule has 1 aromatic heterocycles. The lowest BCUT2D eigenvalue weighted by Crippen LogP contribution is -2.34. The Hall–Kier alpha value is -0.840. The van der Waals surface area contributed by atoms with Crippen LogP contribution in [0, 0.1) is 5.92 Å². The summed E-state index contributed by atoms with van der Waals surface area (Å²) in [5.41, 5.74) is 0. The van der Waals surface area contributed by atoms with Gasteiger partial charge in [-0.3, -0.25) is 0 Å². The second-order valence-corrected chi connectivity index (χ2v) is 6.03. The molecule has 2 N–H and O–H groups in total. The van der Waals surface area contributed by atoms with Gasteiger partial charge in [0, 0.05) is 6.54 Å². The number of aliphatic hydroxyl groups is 1. The number of furan rings is 1. The van der Waals surface area contributed by atoms with E-state index in [0.29, 0.717) is 19.3 Å². The molecule has 4 unspecified atom stereocenters. The third-order valence-corrected chi connectivity index (χ3v) is 4.04. The summed E-state index contributed by atoms with van der Waals surface area (Å²) < 4.78 is 11.1. The van der Waals surface area contributed by atoms with Gasteiger partial charge in [-0.15, -0.1) is 0 Å². The average Bonchev–Trinajstić information content (AvgIpc) is 2.97. The Morgan fingerprint density at radius 3 is 3.05 bits per heavy atom. The first-order chi connectivity index (χ1) is 9.65. The van der Waals surface area contributed by atoms with Crippen molar-refractivity contribution in [1.29, 1.82) is 0 Å². The molecule has 4 atom stereocenters. The molecule has 1 aliphatic carbocycles. The van der Waals surface area contributed by atoms with Crippen molar-refractivity contribution in [2.24, 2.45) is 5.92 Å². The van der Waals surface area contributed by atoms with Crippen LogP contribution in [-0.4, -0.2) is 30.5 Å². The van der Waals surface area contributed by atoms with Gasteiger partial charge in [0.1, 0.15) is 5.76 Å². The first-order valence-electron chi connectivity index (χ1n) is 7.71. The Kier molecular flexibility index (Phi) is 6.07. The Balaban J connectivity index is 1.61. The Labute approximate surface area is 121 Å². The highest BCUT2D eigenvalue weighted by Crippen LogP contribution is 2.25. The maximum atomic E-state index is 9.97. The highest BCUT2D eigenvalue weighted by atomic mass is 16.5. The van der Waals surface area contributed by atoms with Crippen molar-refractivity contribution in [2.45, 2.75) is 57.8 Å². The summed E-state index contributed by atoms with van der Waals surface area (Å²) >= 11 is 0. The normalized spacial score (nSPS) is 26.4. The summed E-state index contributed by atoms with van der Waals surface area (Å²) in [6.45, 7) is 5.23. The molecule has 1 fully saturated rings. The zero-order chi connectivity index (χ0) is 14.4. The van der Waals surface area contributed by atoms with Crippen LogP contribution >= 0.6 is 0 Å². The fraction of sp³-hybridized carbons (Fsp3) is 0.750. The molecule has 1 aromatic rings. The van der Waals surface area contributed by atoms with Crippen molar-refractivity contribution in [3.63, 3.8) is 0 Å². The molecule has 1 aliphatic rings. The fourth-order valence-electron chi connectivity index (χ4n) is 2.79. The van der Waals surface area contributed by atoms with Crippen LogP contribution in [0.3, 0.4) is 0 Å². The van der Waals surface area contributed by atoms with Crippen molar-refractivity contribution < 1.29 is 14.3 Å². The molecule has 0 spiro atoms. The predicted molar refractivity (Wildman–Crippen MR) is 78.5 cm³/mol. The Bertz CT molecular complexity index is 366. The fourth-order valence-corrected chi connectivity index (χ4v) is 2.79. The van der Waals surface area contributed by atoms with E-state index in [2.05, 4.69) is 12.2 Å². The molecule has 0 saturated heterocycles. The maximum absolute atomic E-state index is 9.97. The van der Waals surface area contributed by atoms with Crippen molar-refractivity contribution in [3.05, 3.63) is 24.2 Å². The first kappa shape index (κ1) is 15.5. The predicted octanol–water partition coefficient (Wildman–Crippen LogP) is 2.89. The SMILES string of the molecule is CC1CCCC(OCC(O)CNC(C)c2ccco2)C1. The molecule has 4 nitrogen and oxygen atoms in total. The summed E-state index contributed by atoms with van der Waals surface area (Å²) in [7, 11) is 0. The molecule has 20 heavy (non-hydrogen) atoms. The molecule has 0 radical (unpaired) electrons. The molecule has 4 heteroatoms. The highest BCUT2D eigenvalue weighted by Gasteiger charge is 2.20. The minimum Gasteiger partial charge on any atom is -0.468 e. The van der Waals surface area contributed by atoms with E-state index in [-0.39, 0.29) is 6.04 Å². The minimum atomic E-state index is -0.468. The van der Waals surface area contributed by atoms with E-state index in [9.17, 15) is 5.11 Å². The van der Waals surface area contributed by atoms with Gasteiger partial charge in [-0.05, 0) is 37.8 Å². The van der Waals surface area contributed by atoms with Gasteiger partial charge in [0.05, 0.1) is 31.1 Å². The largest absolute Gasteiger partial charge is 0.468 e. The Morgan fingerprint density at radius 2 is 2.35 bits per heavy atom. The van der Waals surface area contributed by atoms with Crippen LogP contribution in [0.2, 0.25) is 0 Å². The minimum absolute atomic E-state index is 0.106. The lowest BCUT2D eigenvalue weighted by molar-refractivity contribution is -0.0312. The summed E-state index contributed by atoms with van der Waals surface area (Å²) in [4.78, 5) is 0. The van der Waals surface area contributed by atoms with Crippen molar-refractivity contribution in [2.75, 3.05) is 13.2 Å². The van der Waals surface area contributed by atoms with Crippen LogP contribution in [0.25, 0.3) is 0 Å². The highest BCUT2D eigenvalue weighted by molar-refractivity contribution is 5.02. The molecule has 2 rings (SSSR count). The summed E-state index contributed by atoms with van der Waals surface area (Å²) in [6.07, 6.45) is 6.34. The third-order valence-electron chi connectivity index (χ3n) is 4.04. The molecule has 114 valence electrons. The van der Waals surface area contributed by atoms with Crippen molar-refractivity contribution in [3.8, 4) is 0 Å². The average molecular weight is 281 g/mol. The number of aliphatic hydroxyl groups excluding tert-OH is 1. The van der Waals surface area contributed by atoms with Gasteiger partial charge < -0.3 is 19.6 Å². The molecule has 0 amide bonds. The van der Waals surface area contributed by atoms with Crippen molar-refractivity contribution in [1.82, 2.24) is 5.32 Å². The summed E-state index contributed by atoms with van der Waals surface area (Å²) in [6, 6.07) is 3.91. The smallest absolute Gasteiger partial charge is 0.120 e. The van der Waals surface area contributed by atoms with E-state index in [0.717, 1.165) is 24.5 Å². The van der Waals surface area contributed by atoms with Gasteiger partial charge >= 0.3 is 0 Å². The van der Waals surface area contributed by atoms with Crippen LogP contribution in [0.1, 0.15) is 51.3 Å². The van der Waals surface area contributed by atoms with Crippen LogP contribution in [0.4, 0.5) is 0 Å². The van der Waals surface area contributed by atoms with E-state index in [4.69, 9.17) is 9.15 Å². The summed E-state index contributed by atoms with van der Waals surface area (Å²) in [5, 5.41) is 13.2.